The lowest BCUT2D eigenvalue weighted by Gasteiger charge is -2.29. The number of nitrogens with zero attached hydrogens (tertiary/aromatic N) is 2. The normalized spacial score (nSPS) is 24.9. The van der Waals surface area contributed by atoms with Crippen molar-refractivity contribution < 1.29 is 4.74 Å². The highest BCUT2D eigenvalue weighted by Gasteiger charge is 2.24. The van der Waals surface area contributed by atoms with Crippen molar-refractivity contribution >= 4 is 23.2 Å². The molecular weight excluding hydrogens is 263 g/mol. The van der Waals surface area contributed by atoms with Crippen LogP contribution in [-0.2, 0) is 4.74 Å². The number of hydrogen-bond acceptors (Lipinski definition) is 3. The second kappa shape index (κ2) is 5.38. The van der Waals surface area contributed by atoms with Crippen molar-refractivity contribution in [1.29, 1.82) is 0 Å². The second-order valence-corrected chi connectivity index (χ2v) is 4.98. The third kappa shape index (κ3) is 2.64. The Labute approximate surface area is 110 Å². The van der Waals surface area contributed by atoms with Crippen molar-refractivity contribution in [1.82, 2.24) is 9.55 Å². The molecule has 1 aromatic rings. The quantitative estimate of drug-likeness (QED) is 0.781. The van der Waals surface area contributed by atoms with E-state index in [0.29, 0.717) is 0 Å². The number of rotatable bonds is 2. The van der Waals surface area contributed by atoms with Crippen LogP contribution in [0.2, 0.25) is 10.2 Å². The fourth-order valence-electron chi connectivity index (χ4n) is 2.27. The zero-order valence-corrected chi connectivity index (χ0v) is 11.0. The van der Waals surface area contributed by atoms with Crippen LogP contribution in [0.5, 0.6) is 0 Å². The fraction of sp³-hybridized carbons (Fsp3) is 0.636. The van der Waals surface area contributed by atoms with Crippen molar-refractivity contribution in [3.63, 3.8) is 0 Å². The van der Waals surface area contributed by atoms with Crippen LogP contribution >= 0.6 is 23.2 Å². The summed E-state index contributed by atoms with van der Waals surface area (Å²) in [5.41, 5.74) is -0.270. The van der Waals surface area contributed by atoms with Crippen LogP contribution in [0.15, 0.2) is 11.1 Å². The maximum absolute atomic E-state index is 11.9. The number of halogens is 2. The molecule has 6 heteroatoms. The molecule has 0 amide bonds. The molecule has 17 heavy (non-hydrogen) atoms. The summed E-state index contributed by atoms with van der Waals surface area (Å²) in [6, 6.07) is 0.100. The monoisotopic (exact) mass is 276 g/mol. The van der Waals surface area contributed by atoms with E-state index in [1.54, 1.807) is 11.7 Å². The Morgan fingerprint density at radius 3 is 2.94 bits per heavy atom. The van der Waals surface area contributed by atoms with E-state index in [9.17, 15) is 4.79 Å². The van der Waals surface area contributed by atoms with Crippen LogP contribution in [0.3, 0.4) is 0 Å². The Kier molecular flexibility index (Phi) is 4.07. The zero-order chi connectivity index (χ0) is 12.4. The van der Waals surface area contributed by atoms with E-state index in [4.69, 9.17) is 27.9 Å². The lowest BCUT2D eigenvalue weighted by Crippen LogP contribution is -2.31. The molecule has 1 aliphatic rings. The van der Waals surface area contributed by atoms with Gasteiger partial charge in [0.1, 0.15) is 5.02 Å². The van der Waals surface area contributed by atoms with E-state index in [1.165, 1.54) is 6.33 Å². The average Bonchev–Trinajstić information content (AvgIpc) is 2.36. The molecule has 2 atom stereocenters. The Balaban J connectivity index is 2.28. The van der Waals surface area contributed by atoms with Gasteiger partial charge < -0.3 is 4.74 Å². The van der Waals surface area contributed by atoms with Crippen molar-refractivity contribution in [2.75, 3.05) is 7.11 Å². The van der Waals surface area contributed by atoms with Crippen LogP contribution in [0.4, 0.5) is 0 Å². The molecule has 2 rings (SSSR count). The molecule has 0 aromatic carbocycles. The molecule has 1 aliphatic carbocycles. The maximum Gasteiger partial charge on any atom is 0.273 e. The number of methoxy groups -OCH3 is 1. The lowest BCUT2D eigenvalue weighted by molar-refractivity contribution is 0.0522. The molecule has 1 saturated carbocycles. The third-order valence-electron chi connectivity index (χ3n) is 3.22. The molecule has 0 radical (unpaired) electrons. The summed E-state index contributed by atoms with van der Waals surface area (Å²) in [6.45, 7) is 0. The molecule has 0 saturated heterocycles. The lowest BCUT2D eigenvalue weighted by atomic mass is 9.92. The van der Waals surface area contributed by atoms with E-state index in [1.807, 2.05) is 0 Å². The summed E-state index contributed by atoms with van der Waals surface area (Å²) < 4.78 is 6.91. The van der Waals surface area contributed by atoms with Gasteiger partial charge in [-0.05, 0) is 25.7 Å². The first-order valence-electron chi connectivity index (χ1n) is 5.58. The number of aromatic nitrogens is 2. The van der Waals surface area contributed by atoms with Crippen molar-refractivity contribution in [3.8, 4) is 0 Å². The molecule has 2 unspecified atom stereocenters. The van der Waals surface area contributed by atoms with Crippen molar-refractivity contribution in [3.05, 3.63) is 26.9 Å². The minimum absolute atomic E-state index is 0.00583. The van der Waals surface area contributed by atoms with Gasteiger partial charge in [-0.2, -0.15) is 0 Å². The van der Waals surface area contributed by atoms with Gasteiger partial charge in [-0.3, -0.25) is 9.36 Å². The van der Waals surface area contributed by atoms with Gasteiger partial charge in [0.05, 0.1) is 12.4 Å². The van der Waals surface area contributed by atoms with E-state index in [2.05, 4.69) is 4.98 Å². The predicted molar refractivity (Wildman–Crippen MR) is 66.8 cm³/mol. The molecular formula is C11H14Cl2N2O2. The first-order valence-corrected chi connectivity index (χ1v) is 6.34. The van der Waals surface area contributed by atoms with Crippen LogP contribution < -0.4 is 5.56 Å². The highest BCUT2D eigenvalue weighted by Crippen LogP contribution is 2.29. The summed E-state index contributed by atoms with van der Waals surface area (Å²) in [5.74, 6) is 0. The van der Waals surface area contributed by atoms with Crippen LogP contribution in [0.1, 0.15) is 31.7 Å². The molecule has 0 spiro atoms. The second-order valence-electron chi connectivity index (χ2n) is 4.24. The van der Waals surface area contributed by atoms with Gasteiger partial charge in [0.25, 0.3) is 5.56 Å². The minimum Gasteiger partial charge on any atom is -0.381 e. The van der Waals surface area contributed by atoms with Gasteiger partial charge >= 0.3 is 0 Å². The smallest absolute Gasteiger partial charge is 0.273 e. The summed E-state index contributed by atoms with van der Waals surface area (Å²) in [5, 5.41) is 0.0562. The van der Waals surface area contributed by atoms with E-state index >= 15 is 0 Å². The van der Waals surface area contributed by atoms with Gasteiger partial charge in [0, 0.05) is 13.2 Å². The number of hydrogen-bond donors (Lipinski definition) is 0. The molecule has 94 valence electrons. The Morgan fingerprint density at radius 1 is 1.47 bits per heavy atom. The van der Waals surface area contributed by atoms with Crippen LogP contribution in [0, 0.1) is 0 Å². The van der Waals surface area contributed by atoms with Crippen molar-refractivity contribution in [2.45, 2.75) is 37.8 Å². The topological polar surface area (TPSA) is 44.1 Å². The van der Waals surface area contributed by atoms with Gasteiger partial charge in [-0.15, -0.1) is 0 Å². The molecule has 1 heterocycles. The zero-order valence-electron chi connectivity index (χ0n) is 9.53. The van der Waals surface area contributed by atoms with Gasteiger partial charge in [0.2, 0.25) is 0 Å². The van der Waals surface area contributed by atoms with Crippen molar-refractivity contribution in [2.24, 2.45) is 0 Å². The van der Waals surface area contributed by atoms with E-state index in [0.717, 1.165) is 25.7 Å². The first kappa shape index (κ1) is 12.9. The van der Waals surface area contributed by atoms with E-state index < -0.39 is 0 Å². The average molecular weight is 277 g/mol. The molecule has 0 N–H and O–H groups in total. The predicted octanol–water partition coefficient (Wildman–Crippen LogP) is 2.68. The SMILES string of the molecule is COC1CCCC(n2cnc(Cl)c(Cl)c2=O)C1. The summed E-state index contributed by atoms with van der Waals surface area (Å²) in [6.07, 6.45) is 5.51. The Hall–Kier alpha value is -0.580. The minimum atomic E-state index is -0.270. The molecule has 1 fully saturated rings. The number of ether oxygens (including phenoxy) is 1. The Bertz CT molecular complexity index is 461. The Morgan fingerprint density at radius 2 is 2.24 bits per heavy atom. The highest BCUT2D eigenvalue weighted by molar-refractivity contribution is 6.40. The highest BCUT2D eigenvalue weighted by atomic mass is 35.5. The molecule has 4 nitrogen and oxygen atoms in total. The first-order chi connectivity index (χ1) is 8.13. The largest absolute Gasteiger partial charge is 0.381 e. The van der Waals surface area contributed by atoms with Crippen LogP contribution in [0.25, 0.3) is 0 Å². The van der Waals surface area contributed by atoms with Crippen LogP contribution in [-0.4, -0.2) is 22.8 Å². The van der Waals surface area contributed by atoms with Gasteiger partial charge in [-0.1, -0.05) is 23.2 Å². The fourth-order valence-corrected chi connectivity index (χ4v) is 2.54. The molecule has 1 aromatic heterocycles. The standard InChI is InChI=1S/C11H14Cl2N2O2/c1-17-8-4-2-3-7(5-8)15-6-14-10(13)9(12)11(15)16/h6-8H,2-5H2,1H3. The third-order valence-corrected chi connectivity index (χ3v) is 3.95. The van der Waals surface area contributed by atoms with Gasteiger partial charge in [0.15, 0.2) is 5.15 Å². The summed E-state index contributed by atoms with van der Waals surface area (Å²) >= 11 is 11.5. The van der Waals surface area contributed by atoms with E-state index in [-0.39, 0.29) is 27.9 Å². The maximum atomic E-state index is 11.9. The van der Waals surface area contributed by atoms with Gasteiger partial charge in [-0.25, -0.2) is 4.98 Å². The summed E-state index contributed by atoms with van der Waals surface area (Å²) in [7, 11) is 1.70. The molecule has 0 aliphatic heterocycles. The molecule has 0 bridgehead atoms. The summed E-state index contributed by atoms with van der Waals surface area (Å²) in [4.78, 5) is 15.9.